The number of hydrogen-bond donors (Lipinski definition) is 2. The third kappa shape index (κ3) is 6.17. The Morgan fingerprint density at radius 3 is 2.73 bits per heavy atom. The number of alkyl carbamates (subject to hydrolysis) is 1. The Balaban J connectivity index is 1.65. The van der Waals surface area contributed by atoms with Gasteiger partial charge in [-0.2, -0.15) is 4.98 Å². The van der Waals surface area contributed by atoms with Crippen LogP contribution in [-0.2, 0) is 11.3 Å². The van der Waals surface area contributed by atoms with Gasteiger partial charge >= 0.3 is 6.09 Å². The van der Waals surface area contributed by atoms with Gasteiger partial charge in [-0.05, 0) is 64.9 Å². The summed E-state index contributed by atoms with van der Waals surface area (Å²) in [6, 6.07) is 6.91. The zero-order valence-corrected chi connectivity index (χ0v) is 21.6. The van der Waals surface area contributed by atoms with E-state index in [4.69, 9.17) is 9.26 Å². The van der Waals surface area contributed by atoms with Gasteiger partial charge in [-0.3, -0.25) is 0 Å². The first kappa shape index (κ1) is 26.8. The van der Waals surface area contributed by atoms with E-state index in [1.807, 2.05) is 6.07 Å². The zero-order valence-electron chi connectivity index (χ0n) is 21.6. The van der Waals surface area contributed by atoms with Crippen molar-refractivity contribution in [3.63, 3.8) is 0 Å². The Hall–Kier alpha value is -3.28. The third-order valence-electron chi connectivity index (χ3n) is 6.27. The number of ether oxygens (including phenoxy) is 1. The predicted molar refractivity (Wildman–Crippen MR) is 133 cm³/mol. The number of fused-ring (bicyclic) bond motifs is 1. The molecule has 3 unspecified atom stereocenters. The average molecular weight is 523 g/mol. The number of likely N-dealkylation sites (tertiary alicyclic amines) is 1. The van der Waals surface area contributed by atoms with E-state index in [9.17, 15) is 18.0 Å². The van der Waals surface area contributed by atoms with Crippen LogP contribution in [0.1, 0.15) is 46.3 Å². The smallest absolute Gasteiger partial charge is 0.408 e. The Bertz CT molecular complexity index is 1240. The molecule has 2 N–H and O–H groups in total. The molecule has 1 amide bonds. The first-order chi connectivity index (χ1) is 17.4. The van der Waals surface area contributed by atoms with Gasteiger partial charge in [-0.1, -0.05) is 18.1 Å². The molecule has 202 valence electrons. The number of rotatable bonds is 7. The molecule has 0 bridgehead atoms. The van der Waals surface area contributed by atoms with Crippen molar-refractivity contribution in [1.29, 1.82) is 0 Å². The number of carbonyl (C=O) groups is 1. The van der Waals surface area contributed by atoms with Crippen molar-refractivity contribution in [2.24, 2.45) is 5.92 Å². The molecule has 3 atom stereocenters. The Morgan fingerprint density at radius 1 is 1.30 bits per heavy atom. The van der Waals surface area contributed by atoms with Gasteiger partial charge in [0.2, 0.25) is 18.0 Å². The summed E-state index contributed by atoms with van der Waals surface area (Å²) in [5, 5.41) is 10.5. The van der Waals surface area contributed by atoms with Gasteiger partial charge in [0.25, 0.3) is 6.43 Å². The number of halogens is 3. The maximum Gasteiger partial charge on any atom is 0.408 e. The second-order valence-corrected chi connectivity index (χ2v) is 10.5. The van der Waals surface area contributed by atoms with Crippen LogP contribution in [0.4, 0.5) is 23.7 Å². The molecular formula is C25H33F3N6O3. The molecule has 1 fully saturated rings. The maximum atomic E-state index is 14.9. The number of hydrogen-bond acceptors (Lipinski definition) is 7. The average Bonchev–Trinajstić information content (AvgIpc) is 3.43. The topological polar surface area (TPSA) is 97.5 Å². The third-order valence-corrected chi connectivity index (χ3v) is 6.27. The van der Waals surface area contributed by atoms with Crippen molar-refractivity contribution >= 4 is 22.7 Å². The van der Waals surface area contributed by atoms with Gasteiger partial charge in [0, 0.05) is 23.7 Å². The van der Waals surface area contributed by atoms with Crippen molar-refractivity contribution in [2.45, 2.75) is 65.0 Å². The molecule has 3 aromatic rings. The quantitative estimate of drug-likeness (QED) is 0.440. The van der Waals surface area contributed by atoms with Crippen molar-refractivity contribution in [3.05, 3.63) is 30.2 Å². The highest BCUT2D eigenvalue weighted by Gasteiger charge is 2.30. The predicted octanol–water partition coefficient (Wildman–Crippen LogP) is 5.20. The molecule has 3 heterocycles. The summed E-state index contributed by atoms with van der Waals surface area (Å²) in [6.07, 6.45) is -5.64. The minimum atomic E-state index is -3.26. The molecule has 1 saturated heterocycles. The van der Waals surface area contributed by atoms with Crippen molar-refractivity contribution in [3.8, 4) is 11.5 Å². The van der Waals surface area contributed by atoms with E-state index in [2.05, 4.69) is 39.6 Å². The number of alkyl halides is 3. The minimum absolute atomic E-state index is 0.0172. The Morgan fingerprint density at radius 2 is 2.05 bits per heavy atom. The number of anilines is 1. The summed E-state index contributed by atoms with van der Waals surface area (Å²) in [5.74, 6) is 0.311. The highest BCUT2D eigenvalue weighted by atomic mass is 19.3. The Labute approximate surface area is 213 Å². The van der Waals surface area contributed by atoms with Crippen LogP contribution in [0, 0.1) is 5.92 Å². The standard InChI is InChI=1S/C25H33F3N6O3/c1-14-13-33(5)10-9-16(14)30-17-7-6-8-18-15(17)11-19(34(18)22(28)21(26)27)23-31-20(37-32-23)12-29-24(35)36-25(2,3)4/h6-8,11,14,16,21-22,30H,9-10,12-13H2,1-5H3,(H,29,35). The highest BCUT2D eigenvalue weighted by molar-refractivity contribution is 5.96. The maximum absolute atomic E-state index is 14.9. The normalized spacial score (nSPS) is 19.8. The van der Waals surface area contributed by atoms with Gasteiger partial charge in [0.05, 0.1) is 11.2 Å². The minimum Gasteiger partial charge on any atom is -0.444 e. The molecular weight excluding hydrogens is 489 g/mol. The summed E-state index contributed by atoms with van der Waals surface area (Å²) in [7, 11) is 2.08. The largest absolute Gasteiger partial charge is 0.444 e. The van der Waals surface area contributed by atoms with E-state index in [1.165, 1.54) is 0 Å². The Kier molecular flexibility index (Phi) is 7.67. The van der Waals surface area contributed by atoms with Crippen molar-refractivity contribution < 1.29 is 27.2 Å². The zero-order chi connectivity index (χ0) is 26.9. The fraction of sp³-hybridized carbons (Fsp3) is 0.560. The fourth-order valence-electron chi connectivity index (χ4n) is 4.59. The van der Waals surface area contributed by atoms with Crippen LogP contribution >= 0.6 is 0 Å². The van der Waals surface area contributed by atoms with Crippen LogP contribution in [0.2, 0.25) is 0 Å². The molecule has 1 aromatic carbocycles. The second-order valence-electron chi connectivity index (χ2n) is 10.5. The monoisotopic (exact) mass is 522 g/mol. The van der Waals surface area contributed by atoms with Gasteiger partial charge in [-0.15, -0.1) is 0 Å². The summed E-state index contributed by atoms with van der Waals surface area (Å²) in [6.45, 7) is 9.06. The molecule has 4 rings (SSSR count). The summed E-state index contributed by atoms with van der Waals surface area (Å²) < 4.78 is 53.3. The van der Waals surface area contributed by atoms with E-state index < -0.39 is 24.4 Å². The highest BCUT2D eigenvalue weighted by Crippen LogP contribution is 2.37. The lowest BCUT2D eigenvalue weighted by atomic mass is 9.94. The molecule has 37 heavy (non-hydrogen) atoms. The number of amides is 1. The van der Waals surface area contributed by atoms with E-state index in [0.717, 1.165) is 29.8 Å². The number of nitrogens with one attached hydrogen (secondary N) is 2. The summed E-state index contributed by atoms with van der Waals surface area (Å²) in [4.78, 5) is 18.4. The molecule has 1 aliphatic rings. The number of nitrogens with zero attached hydrogens (tertiary/aromatic N) is 4. The molecule has 0 radical (unpaired) electrons. The molecule has 0 aliphatic carbocycles. The van der Waals surface area contributed by atoms with E-state index in [1.54, 1.807) is 39.0 Å². The summed E-state index contributed by atoms with van der Waals surface area (Å²) >= 11 is 0. The van der Waals surface area contributed by atoms with Gasteiger partial charge in [0.1, 0.15) is 12.1 Å². The number of benzene rings is 1. The van der Waals surface area contributed by atoms with E-state index in [-0.39, 0.29) is 35.5 Å². The number of piperidine rings is 1. The number of carbonyl (C=O) groups excluding carboxylic acids is 1. The van der Waals surface area contributed by atoms with Crippen LogP contribution in [-0.4, -0.2) is 63.9 Å². The number of aromatic nitrogens is 3. The van der Waals surface area contributed by atoms with Crippen molar-refractivity contribution in [1.82, 2.24) is 24.9 Å². The van der Waals surface area contributed by atoms with Crippen molar-refractivity contribution in [2.75, 3.05) is 25.5 Å². The lowest BCUT2D eigenvalue weighted by molar-refractivity contribution is 0.0114. The van der Waals surface area contributed by atoms with Gasteiger partial charge < -0.3 is 29.4 Å². The lowest BCUT2D eigenvalue weighted by Crippen LogP contribution is -2.43. The van der Waals surface area contributed by atoms with Gasteiger partial charge in [0.15, 0.2) is 0 Å². The second kappa shape index (κ2) is 10.6. The van der Waals surface area contributed by atoms with Crippen LogP contribution in [0.5, 0.6) is 0 Å². The van der Waals surface area contributed by atoms with Crippen LogP contribution in [0.3, 0.4) is 0 Å². The molecule has 2 aromatic heterocycles. The fourth-order valence-corrected chi connectivity index (χ4v) is 4.59. The van der Waals surface area contributed by atoms with Crippen LogP contribution in [0.15, 0.2) is 28.8 Å². The molecule has 9 nitrogen and oxygen atoms in total. The first-order valence-corrected chi connectivity index (χ1v) is 12.2. The van der Waals surface area contributed by atoms with Gasteiger partial charge in [-0.25, -0.2) is 18.0 Å². The molecule has 0 spiro atoms. The molecule has 0 saturated carbocycles. The SMILES string of the molecule is CC1CN(C)CCC1Nc1cccc2c1cc(-c1noc(CNC(=O)OC(C)(C)C)n1)n2C(F)C(F)F. The van der Waals surface area contributed by atoms with Crippen LogP contribution < -0.4 is 10.6 Å². The van der Waals surface area contributed by atoms with E-state index in [0.29, 0.717) is 11.3 Å². The lowest BCUT2D eigenvalue weighted by Gasteiger charge is -2.36. The summed E-state index contributed by atoms with van der Waals surface area (Å²) in [5.41, 5.74) is 0.357. The molecule has 12 heteroatoms. The van der Waals surface area contributed by atoms with E-state index >= 15 is 0 Å². The first-order valence-electron chi connectivity index (χ1n) is 12.2. The molecule has 1 aliphatic heterocycles. The van der Waals surface area contributed by atoms with Crippen LogP contribution in [0.25, 0.3) is 22.4 Å².